The van der Waals surface area contributed by atoms with Crippen molar-refractivity contribution in [3.8, 4) is 0 Å². The van der Waals surface area contributed by atoms with Gasteiger partial charge in [0.2, 0.25) is 0 Å². The predicted octanol–water partition coefficient (Wildman–Crippen LogP) is 5.80. The van der Waals surface area contributed by atoms with E-state index in [1.807, 2.05) is 17.8 Å². The Morgan fingerprint density at radius 2 is 1.89 bits per heavy atom. The summed E-state index contributed by atoms with van der Waals surface area (Å²) in [5.41, 5.74) is 2.33. The summed E-state index contributed by atoms with van der Waals surface area (Å²) in [6.07, 6.45) is 6.20. The van der Waals surface area contributed by atoms with Crippen LogP contribution in [0.4, 0.5) is 18.9 Å². The molecule has 4 aromatic rings. The quantitative estimate of drug-likeness (QED) is 0.216. The number of alkyl halides is 3. The van der Waals surface area contributed by atoms with Gasteiger partial charge in [-0.2, -0.15) is 18.3 Å². The van der Waals surface area contributed by atoms with Crippen molar-refractivity contribution in [2.75, 3.05) is 4.90 Å². The second-order valence-electron chi connectivity index (χ2n) is 11.4. The van der Waals surface area contributed by atoms with E-state index in [0.717, 1.165) is 35.5 Å². The third-order valence-electron chi connectivity index (χ3n) is 8.42. The Hall–Kier alpha value is -4.58. The van der Waals surface area contributed by atoms with Crippen LogP contribution in [-0.4, -0.2) is 36.7 Å². The summed E-state index contributed by atoms with van der Waals surface area (Å²) >= 11 is 0. The fraction of sp³-hybridized carbons (Fsp3) is 0.364. The molecule has 0 bridgehead atoms. The van der Waals surface area contributed by atoms with Crippen molar-refractivity contribution in [3.63, 3.8) is 0 Å². The Kier molecular flexibility index (Phi) is 9.62. The van der Waals surface area contributed by atoms with Crippen LogP contribution < -0.4 is 10.2 Å². The number of halogens is 3. The van der Waals surface area contributed by atoms with Gasteiger partial charge in [-0.1, -0.05) is 44.0 Å². The van der Waals surface area contributed by atoms with Crippen molar-refractivity contribution in [2.45, 2.75) is 64.5 Å². The first kappa shape index (κ1) is 31.8. The molecule has 1 atom stereocenters. The number of hydrogen-bond acceptors (Lipinski definition) is 6. The minimum Gasteiger partial charge on any atom is -0.321 e. The Labute approximate surface area is 259 Å². The van der Waals surface area contributed by atoms with Gasteiger partial charge in [-0.25, -0.2) is 0 Å². The normalized spacial score (nSPS) is 16.0. The number of nitrogens with one attached hydrogen (secondary N) is 1. The first-order valence-corrected chi connectivity index (χ1v) is 14.9. The summed E-state index contributed by atoms with van der Waals surface area (Å²) in [4.78, 5) is 23.5. The van der Waals surface area contributed by atoms with E-state index in [1.165, 1.54) is 30.2 Å². The molecule has 2 aromatic carbocycles. The lowest BCUT2D eigenvalue weighted by molar-refractivity contribution is -0.138. The molecule has 0 radical (unpaired) electrons. The molecule has 1 N–H and O–H groups in total. The van der Waals surface area contributed by atoms with Crippen molar-refractivity contribution >= 4 is 17.9 Å². The molecule has 12 heteroatoms. The van der Waals surface area contributed by atoms with E-state index < -0.39 is 23.7 Å². The standard InChI is InChI=1S/C22H19F3N4O.C8H13N3.C3H4O/c1-13(29-11-15-9-26-10-20(15)27-29)14-7-17-18(19(8-14)22(23,24)25)12-28(21(17)30)16-5-3-2-4-6-16;1-11-6-9-10-8(11)5-7-3-2-4-7;1-2-3-4/h2-8,11,13,26H,9-10,12H2,1H3;6-7H,2-5H2,1H3;2-3H,1H2. The molecule has 4 heterocycles. The van der Waals surface area contributed by atoms with Gasteiger partial charge in [-0.15, -0.1) is 10.2 Å². The van der Waals surface area contributed by atoms with E-state index in [2.05, 4.69) is 27.2 Å². The topological polar surface area (TPSA) is 97.9 Å². The molecule has 1 fully saturated rings. The maximum absolute atomic E-state index is 13.9. The number of allylic oxidation sites excluding steroid dienone is 1. The van der Waals surface area contributed by atoms with Crippen LogP contribution in [0.15, 0.2) is 67.6 Å². The molecule has 45 heavy (non-hydrogen) atoms. The largest absolute Gasteiger partial charge is 0.416 e. The third-order valence-corrected chi connectivity index (χ3v) is 8.42. The maximum Gasteiger partial charge on any atom is 0.416 e. The summed E-state index contributed by atoms with van der Waals surface area (Å²) in [7, 11) is 2.01. The predicted molar refractivity (Wildman–Crippen MR) is 163 cm³/mol. The van der Waals surface area contributed by atoms with E-state index in [9.17, 15) is 18.0 Å². The van der Waals surface area contributed by atoms with Crippen LogP contribution in [0.2, 0.25) is 0 Å². The molecule has 2 aromatic heterocycles. The zero-order valence-electron chi connectivity index (χ0n) is 25.3. The van der Waals surface area contributed by atoms with E-state index in [0.29, 0.717) is 30.6 Å². The second kappa shape index (κ2) is 13.6. The van der Waals surface area contributed by atoms with Gasteiger partial charge in [0.25, 0.3) is 5.91 Å². The lowest BCUT2D eigenvalue weighted by atomic mass is 9.83. The third kappa shape index (κ3) is 7.06. The molecule has 2 aliphatic heterocycles. The van der Waals surface area contributed by atoms with E-state index in [4.69, 9.17) is 4.79 Å². The highest BCUT2D eigenvalue weighted by molar-refractivity contribution is 6.10. The van der Waals surface area contributed by atoms with Crippen molar-refractivity contribution in [1.29, 1.82) is 0 Å². The van der Waals surface area contributed by atoms with Gasteiger partial charge in [0.15, 0.2) is 0 Å². The monoisotopic (exact) mass is 619 g/mol. The number of anilines is 1. The van der Waals surface area contributed by atoms with Gasteiger partial charge < -0.3 is 14.8 Å². The van der Waals surface area contributed by atoms with Crippen LogP contribution in [0, 0.1) is 5.92 Å². The lowest BCUT2D eigenvalue weighted by Crippen LogP contribution is -2.22. The first-order chi connectivity index (χ1) is 21.6. The van der Waals surface area contributed by atoms with E-state index >= 15 is 0 Å². The van der Waals surface area contributed by atoms with Crippen LogP contribution in [-0.2, 0) is 44.1 Å². The number of benzene rings is 2. The first-order valence-electron chi connectivity index (χ1n) is 14.9. The molecule has 1 unspecified atom stereocenters. The SMILES string of the molecule is C=CC=O.CC(c1cc2c(c(C(F)(F)F)c1)CN(c1ccccc1)C2=O)n1cc2c(n1)CNC2.Cn1cnnc1CC1CCC1. The molecule has 0 saturated heterocycles. The number of aryl methyl sites for hydroxylation is 1. The summed E-state index contributed by atoms with van der Waals surface area (Å²) in [5.74, 6) is 1.61. The summed E-state index contributed by atoms with van der Waals surface area (Å²) in [5, 5.41) is 15.6. The van der Waals surface area contributed by atoms with Crippen molar-refractivity contribution < 1.29 is 22.8 Å². The molecule has 7 rings (SSSR count). The number of aromatic nitrogens is 5. The van der Waals surface area contributed by atoms with Crippen molar-refractivity contribution in [3.05, 3.63) is 107 Å². The molecule has 1 aliphatic carbocycles. The number of aldehydes is 1. The number of hydrogen-bond donors (Lipinski definition) is 1. The van der Waals surface area contributed by atoms with Crippen molar-refractivity contribution in [2.24, 2.45) is 13.0 Å². The highest BCUT2D eigenvalue weighted by atomic mass is 19.4. The lowest BCUT2D eigenvalue weighted by Gasteiger charge is -2.24. The second-order valence-corrected chi connectivity index (χ2v) is 11.4. The number of rotatable bonds is 6. The summed E-state index contributed by atoms with van der Waals surface area (Å²) in [6.45, 7) is 6.16. The Morgan fingerprint density at radius 1 is 1.16 bits per heavy atom. The number of nitrogens with zero attached hydrogens (tertiary/aromatic N) is 6. The van der Waals surface area contributed by atoms with Crippen LogP contribution in [0.1, 0.15) is 76.4 Å². The molecule has 236 valence electrons. The minimum absolute atomic E-state index is 0.0273. The van der Waals surface area contributed by atoms with E-state index in [-0.39, 0.29) is 17.7 Å². The van der Waals surface area contributed by atoms with Crippen molar-refractivity contribution in [1.82, 2.24) is 29.9 Å². The Morgan fingerprint density at radius 3 is 2.47 bits per heavy atom. The molecule has 1 amide bonds. The number of amides is 1. The highest BCUT2D eigenvalue weighted by Gasteiger charge is 2.41. The van der Waals surface area contributed by atoms with E-state index in [1.54, 1.807) is 54.3 Å². The summed E-state index contributed by atoms with van der Waals surface area (Å²) in [6, 6.07) is 11.1. The van der Waals surface area contributed by atoms with Crippen LogP contribution >= 0.6 is 0 Å². The molecule has 9 nitrogen and oxygen atoms in total. The Bertz CT molecular complexity index is 1630. The van der Waals surface area contributed by atoms with Crippen LogP contribution in [0.5, 0.6) is 0 Å². The highest BCUT2D eigenvalue weighted by Crippen LogP contribution is 2.40. The smallest absolute Gasteiger partial charge is 0.321 e. The number of carbonyl (C=O) groups is 2. The van der Waals surface area contributed by atoms with Gasteiger partial charge >= 0.3 is 6.18 Å². The molecular formula is C33H36F3N7O2. The van der Waals surface area contributed by atoms with Gasteiger partial charge in [0.05, 0.1) is 23.8 Å². The zero-order chi connectivity index (χ0) is 32.1. The molecule has 1 saturated carbocycles. The fourth-order valence-corrected chi connectivity index (χ4v) is 5.62. The minimum atomic E-state index is -4.55. The maximum atomic E-state index is 13.9. The Balaban J connectivity index is 0.000000220. The molecule has 0 spiro atoms. The molecular weight excluding hydrogens is 583 g/mol. The average molecular weight is 620 g/mol. The molecule has 3 aliphatic rings. The van der Waals surface area contributed by atoms with Gasteiger partial charge in [0, 0.05) is 49.6 Å². The number of para-hydroxylation sites is 1. The van der Waals surface area contributed by atoms with Gasteiger partial charge in [-0.3, -0.25) is 14.3 Å². The summed E-state index contributed by atoms with van der Waals surface area (Å²) < 4.78 is 45.4. The average Bonchev–Trinajstić information content (AvgIpc) is 3.79. The van der Waals surface area contributed by atoms with Crippen LogP contribution in [0.25, 0.3) is 0 Å². The van der Waals surface area contributed by atoms with Gasteiger partial charge in [-0.05, 0) is 54.3 Å². The fourth-order valence-electron chi connectivity index (χ4n) is 5.62. The van der Waals surface area contributed by atoms with Gasteiger partial charge in [0.1, 0.15) is 18.4 Å². The zero-order valence-corrected chi connectivity index (χ0v) is 25.3. The van der Waals surface area contributed by atoms with Crippen LogP contribution in [0.3, 0.4) is 0 Å². The number of carbonyl (C=O) groups excluding carboxylic acids is 2. The number of fused-ring (bicyclic) bond motifs is 2.